The molecule has 0 aliphatic carbocycles. The highest BCUT2D eigenvalue weighted by molar-refractivity contribution is 5.97. The van der Waals surface area contributed by atoms with Crippen molar-refractivity contribution in [1.82, 2.24) is 5.32 Å². The zero-order chi connectivity index (χ0) is 14.5. The van der Waals surface area contributed by atoms with Crippen LogP contribution in [0.25, 0.3) is 0 Å². The molecule has 0 saturated carbocycles. The van der Waals surface area contributed by atoms with E-state index in [-0.39, 0.29) is 12.4 Å². The van der Waals surface area contributed by atoms with Crippen LogP contribution >= 0.6 is 0 Å². The number of alkyl halides is 3. The van der Waals surface area contributed by atoms with Gasteiger partial charge in [-0.3, -0.25) is 0 Å². The predicted molar refractivity (Wildman–Crippen MR) is 62.7 cm³/mol. The zero-order valence-electron chi connectivity index (χ0n) is 9.85. The molecule has 0 aromatic heterocycles. The molecule has 1 aromatic rings. The fourth-order valence-corrected chi connectivity index (χ4v) is 1.37. The second-order valence-electron chi connectivity index (χ2n) is 3.87. The Morgan fingerprint density at radius 3 is 2.68 bits per heavy atom. The van der Waals surface area contributed by atoms with E-state index in [1.54, 1.807) is 24.3 Å². The molecule has 1 atom stereocenters. The van der Waals surface area contributed by atoms with Crippen LogP contribution < -0.4 is 11.1 Å². The van der Waals surface area contributed by atoms with Crippen molar-refractivity contribution in [3.63, 3.8) is 0 Å². The monoisotopic (exact) mass is 277 g/mol. The molecule has 0 radical (unpaired) electrons. The number of hydrogen-bond donors (Lipinski definition) is 4. The number of rotatable bonds is 5. The predicted octanol–water partition coefficient (Wildman–Crippen LogP) is 0.794. The molecule has 1 rings (SSSR count). The second-order valence-corrected chi connectivity index (χ2v) is 3.87. The van der Waals surface area contributed by atoms with Crippen molar-refractivity contribution in [2.24, 2.45) is 10.9 Å². The van der Waals surface area contributed by atoms with Crippen LogP contribution in [0.5, 0.6) is 0 Å². The van der Waals surface area contributed by atoms with E-state index in [4.69, 9.17) is 16.0 Å². The summed E-state index contributed by atoms with van der Waals surface area (Å²) >= 11 is 0. The van der Waals surface area contributed by atoms with Gasteiger partial charge in [-0.25, -0.2) is 0 Å². The standard InChI is InChI=1S/C11H14F3N3O2/c12-11(13,14)9(18)6-16-5-7-2-1-3-8(4-7)10(15)17-19/h1-4,9,16,18-19H,5-6H2,(H2,15,17). The molecule has 0 fully saturated rings. The molecule has 106 valence electrons. The number of nitrogens with two attached hydrogens (primary N) is 1. The van der Waals surface area contributed by atoms with Crippen LogP contribution in [0.4, 0.5) is 13.2 Å². The summed E-state index contributed by atoms with van der Waals surface area (Å²) < 4.78 is 36.1. The number of hydrogen-bond acceptors (Lipinski definition) is 4. The Morgan fingerprint density at radius 2 is 2.11 bits per heavy atom. The van der Waals surface area contributed by atoms with Crippen LogP contribution in [-0.2, 0) is 6.54 Å². The van der Waals surface area contributed by atoms with Gasteiger partial charge in [-0.2, -0.15) is 13.2 Å². The van der Waals surface area contributed by atoms with Crippen LogP contribution in [0.3, 0.4) is 0 Å². The van der Waals surface area contributed by atoms with Crippen LogP contribution in [0, 0.1) is 0 Å². The third-order valence-electron chi connectivity index (χ3n) is 2.38. The maximum atomic E-state index is 12.0. The Labute approximate surface area is 107 Å². The molecule has 1 aromatic carbocycles. The molecule has 5 nitrogen and oxygen atoms in total. The Balaban J connectivity index is 2.55. The zero-order valence-corrected chi connectivity index (χ0v) is 9.85. The van der Waals surface area contributed by atoms with Gasteiger partial charge in [0.1, 0.15) is 0 Å². The molecule has 0 heterocycles. The van der Waals surface area contributed by atoms with E-state index in [2.05, 4.69) is 10.5 Å². The highest BCUT2D eigenvalue weighted by Gasteiger charge is 2.37. The number of oxime groups is 1. The van der Waals surface area contributed by atoms with E-state index in [1.165, 1.54) is 0 Å². The largest absolute Gasteiger partial charge is 0.415 e. The molecule has 0 saturated heterocycles. The van der Waals surface area contributed by atoms with Gasteiger partial charge >= 0.3 is 6.18 Å². The van der Waals surface area contributed by atoms with E-state index in [9.17, 15) is 13.2 Å². The number of aliphatic hydroxyl groups is 1. The van der Waals surface area contributed by atoms with Crippen molar-refractivity contribution >= 4 is 5.84 Å². The number of nitrogens with one attached hydrogen (secondary N) is 1. The summed E-state index contributed by atoms with van der Waals surface area (Å²) in [7, 11) is 0. The van der Waals surface area contributed by atoms with Gasteiger partial charge in [-0.15, -0.1) is 0 Å². The van der Waals surface area contributed by atoms with E-state index in [0.717, 1.165) is 0 Å². The summed E-state index contributed by atoms with van der Waals surface area (Å²) in [5.41, 5.74) is 6.50. The normalized spacial score (nSPS) is 14.4. The van der Waals surface area contributed by atoms with Gasteiger partial charge in [0.2, 0.25) is 0 Å². The topological polar surface area (TPSA) is 90.9 Å². The van der Waals surface area contributed by atoms with Gasteiger partial charge in [0, 0.05) is 18.7 Å². The van der Waals surface area contributed by atoms with Crippen molar-refractivity contribution in [3.8, 4) is 0 Å². The van der Waals surface area contributed by atoms with Crippen molar-refractivity contribution in [2.45, 2.75) is 18.8 Å². The summed E-state index contributed by atoms with van der Waals surface area (Å²) in [5.74, 6) is -0.0859. The molecule has 0 aliphatic heterocycles. The summed E-state index contributed by atoms with van der Waals surface area (Å²) in [6.07, 6.45) is -7.04. The number of benzene rings is 1. The Bertz CT molecular complexity index is 449. The molecule has 5 N–H and O–H groups in total. The smallest absolute Gasteiger partial charge is 0.409 e. The quantitative estimate of drug-likeness (QED) is 0.277. The lowest BCUT2D eigenvalue weighted by molar-refractivity contribution is -0.201. The SMILES string of the molecule is N/C(=N/O)c1cccc(CNCC(O)C(F)(F)F)c1. The first kappa shape index (κ1) is 15.3. The lowest BCUT2D eigenvalue weighted by Gasteiger charge is -2.15. The van der Waals surface area contributed by atoms with Crippen molar-refractivity contribution < 1.29 is 23.5 Å². The maximum absolute atomic E-state index is 12.0. The van der Waals surface area contributed by atoms with E-state index in [1.807, 2.05) is 0 Å². The Kier molecular flexibility index (Phi) is 5.13. The number of nitrogens with zero attached hydrogens (tertiary/aromatic N) is 1. The third kappa shape index (κ3) is 4.76. The highest BCUT2D eigenvalue weighted by atomic mass is 19.4. The molecular formula is C11H14F3N3O2. The van der Waals surface area contributed by atoms with Crippen molar-refractivity contribution in [1.29, 1.82) is 0 Å². The van der Waals surface area contributed by atoms with Gasteiger partial charge < -0.3 is 21.4 Å². The van der Waals surface area contributed by atoms with E-state index >= 15 is 0 Å². The summed E-state index contributed by atoms with van der Waals surface area (Å²) in [6, 6.07) is 6.47. The van der Waals surface area contributed by atoms with Crippen molar-refractivity contribution in [3.05, 3.63) is 35.4 Å². The third-order valence-corrected chi connectivity index (χ3v) is 2.38. The molecule has 1 unspecified atom stereocenters. The molecule has 8 heteroatoms. The fraction of sp³-hybridized carbons (Fsp3) is 0.364. The maximum Gasteiger partial charge on any atom is 0.415 e. The first-order valence-corrected chi connectivity index (χ1v) is 5.37. The van der Waals surface area contributed by atoms with Crippen LogP contribution in [0.2, 0.25) is 0 Å². The van der Waals surface area contributed by atoms with E-state index < -0.39 is 18.8 Å². The summed E-state index contributed by atoms with van der Waals surface area (Å²) in [4.78, 5) is 0. The lowest BCUT2D eigenvalue weighted by Crippen LogP contribution is -2.38. The minimum atomic E-state index is -4.64. The number of amidine groups is 1. The Hall–Kier alpha value is -1.80. The summed E-state index contributed by atoms with van der Waals surface area (Å²) in [5, 5.41) is 22.6. The average molecular weight is 277 g/mol. The fourth-order valence-electron chi connectivity index (χ4n) is 1.37. The first-order valence-electron chi connectivity index (χ1n) is 5.37. The van der Waals surface area contributed by atoms with Crippen molar-refractivity contribution in [2.75, 3.05) is 6.54 Å². The molecule has 0 aliphatic rings. The van der Waals surface area contributed by atoms with Gasteiger partial charge in [0.25, 0.3) is 0 Å². The second kappa shape index (κ2) is 6.39. The first-order chi connectivity index (χ1) is 8.84. The Morgan fingerprint density at radius 1 is 1.42 bits per heavy atom. The minimum absolute atomic E-state index is 0.0859. The molecule has 19 heavy (non-hydrogen) atoms. The van der Waals surface area contributed by atoms with Gasteiger partial charge in [-0.1, -0.05) is 23.4 Å². The molecule has 0 amide bonds. The molecular weight excluding hydrogens is 263 g/mol. The lowest BCUT2D eigenvalue weighted by atomic mass is 10.1. The van der Waals surface area contributed by atoms with Crippen LogP contribution in [0.15, 0.2) is 29.4 Å². The summed E-state index contributed by atoms with van der Waals surface area (Å²) in [6.45, 7) is -0.475. The molecule has 0 spiro atoms. The van der Waals surface area contributed by atoms with Crippen LogP contribution in [0.1, 0.15) is 11.1 Å². The minimum Gasteiger partial charge on any atom is -0.409 e. The molecule has 0 bridgehead atoms. The highest BCUT2D eigenvalue weighted by Crippen LogP contribution is 2.19. The average Bonchev–Trinajstić information content (AvgIpc) is 2.37. The number of aliphatic hydroxyl groups excluding tert-OH is 1. The number of halogens is 3. The van der Waals surface area contributed by atoms with Gasteiger partial charge in [0.05, 0.1) is 0 Å². The van der Waals surface area contributed by atoms with Gasteiger partial charge in [-0.05, 0) is 11.6 Å². The van der Waals surface area contributed by atoms with E-state index in [0.29, 0.717) is 11.1 Å². The van der Waals surface area contributed by atoms with Gasteiger partial charge in [0.15, 0.2) is 11.9 Å². The van der Waals surface area contributed by atoms with Crippen LogP contribution in [-0.4, -0.2) is 35.0 Å².